The average Bonchev–Trinajstić information content (AvgIpc) is 2.24. The number of allylic oxidation sites excluding steroid dienone is 1. The number of carbonyl (C=O) groups is 1. The number of alkyl halides is 1. The fourth-order valence-electron chi connectivity index (χ4n) is 1.20. The van der Waals surface area contributed by atoms with E-state index in [2.05, 4.69) is 20.7 Å². The molecule has 0 aromatic heterocycles. The van der Waals surface area contributed by atoms with E-state index in [1.54, 1.807) is 27.7 Å². The summed E-state index contributed by atoms with van der Waals surface area (Å²) in [6.07, 6.45) is 1.49. The Kier molecular flexibility index (Phi) is 7.37. The van der Waals surface area contributed by atoms with Crippen molar-refractivity contribution in [2.75, 3.05) is 20.3 Å². The largest absolute Gasteiger partial charge is 0.465 e. The Bertz CT molecular complexity index is 349. The maximum atomic E-state index is 12.6. The minimum atomic E-state index is -3.64. The van der Waals surface area contributed by atoms with E-state index in [0.29, 0.717) is 0 Å². The van der Waals surface area contributed by atoms with Gasteiger partial charge in [0, 0.05) is 4.32 Å². The van der Waals surface area contributed by atoms with Gasteiger partial charge in [-0.15, -0.1) is 0 Å². The van der Waals surface area contributed by atoms with Gasteiger partial charge >= 0.3 is 13.6 Å². The molecule has 106 valence electrons. The molecule has 0 amide bonds. The highest BCUT2D eigenvalue weighted by Gasteiger charge is 2.37. The molecule has 7 heteroatoms. The number of methoxy groups -OCH3 is 1. The summed E-state index contributed by atoms with van der Waals surface area (Å²) in [5, 5.41) is -0.0874. The molecule has 0 atom stereocenters. The third-order valence-corrected chi connectivity index (χ3v) is 4.09. The van der Waals surface area contributed by atoms with Crippen molar-refractivity contribution in [3.63, 3.8) is 0 Å². The number of carbonyl (C=O) groups excluding carboxylic acids is 1. The van der Waals surface area contributed by atoms with Gasteiger partial charge in [0.05, 0.1) is 20.3 Å². The SMILES string of the molecule is CCOP(=O)(OCC)/C(=C\C(C)(C)Br)C(=O)OC. The highest BCUT2D eigenvalue weighted by Crippen LogP contribution is 2.57. The van der Waals surface area contributed by atoms with Crippen molar-refractivity contribution in [1.29, 1.82) is 0 Å². The third-order valence-electron chi connectivity index (χ3n) is 1.77. The number of ether oxygens (including phenoxy) is 1. The van der Waals surface area contributed by atoms with Crippen LogP contribution in [0, 0.1) is 0 Å². The molecule has 0 heterocycles. The van der Waals surface area contributed by atoms with Crippen LogP contribution < -0.4 is 0 Å². The molecule has 0 saturated carbocycles. The first-order valence-electron chi connectivity index (χ1n) is 5.60. The summed E-state index contributed by atoms with van der Waals surface area (Å²) in [5.41, 5.74) is 0. The molecule has 0 bridgehead atoms. The van der Waals surface area contributed by atoms with Crippen molar-refractivity contribution >= 4 is 29.5 Å². The van der Waals surface area contributed by atoms with Crippen LogP contribution in [0.5, 0.6) is 0 Å². The van der Waals surface area contributed by atoms with Crippen molar-refractivity contribution in [3.8, 4) is 0 Å². The summed E-state index contributed by atoms with van der Waals surface area (Å²) in [5.74, 6) is -0.715. The van der Waals surface area contributed by atoms with Crippen LogP contribution >= 0.6 is 23.5 Å². The first-order chi connectivity index (χ1) is 8.20. The van der Waals surface area contributed by atoms with Crippen LogP contribution in [-0.2, 0) is 23.1 Å². The lowest BCUT2D eigenvalue weighted by atomic mass is 10.2. The molecule has 18 heavy (non-hydrogen) atoms. The van der Waals surface area contributed by atoms with Gasteiger partial charge in [0.1, 0.15) is 5.31 Å². The van der Waals surface area contributed by atoms with E-state index in [0.717, 1.165) is 0 Å². The molecular weight excluding hydrogens is 323 g/mol. The van der Waals surface area contributed by atoms with Crippen molar-refractivity contribution in [1.82, 2.24) is 0 Å². The number of esters is 1. The minimum Gasteiger partial charge on any atom is -0.465 e. The Balaban J connectivity index is 5.60. The lowest BCUT2D eigenvalue weighted by Gasteiger charge is -2.21. The standard InChI is InChI=1S/C11H20BrO5P/c1-6-16-18(14,17-7-2)9(10(13)15-5)8-11(3,4)12/h8H,6-7H2,1-5H3/b9-8-. The van der Waals surface area contributed by atoms with E-state index in [-0.39, 0.29) is 18.5 Å². The predicted octanol–water partition coefficient (Wildman–Crippen LogP) is 3.48. The van der Waals surface area contributed by atoms with Gasteiger partial charge in [-0.3, -0.25) is 4.57 Å². The normalized spacial score (nSPS) is 13.6. The second kappa shape index (κ2) is 7.43. The molecule has 0 spiro atoms. The number of hydrogen-bond donors (Lipinski definition) is 0. The number of rotatable bonds is 7. The van der Waals surface area contributed by atoms with Gasteiger partial charge in [-0.25, -0.2) is 4.79 Å². The van der Waals surface area contributed by atoms with Crippen LogP contribution in [0.1, 0.15) is 27.7 Å². The summed E-state index contributed by atoms with van der Waals surface area (Å²) < 4.78 is 27.0. The summed E-state index contributed by atoms with van der Waals surface area (Å²) in [4.78, 5) is 11.7. The summed E-state index contributed by atoms with van der Waals surface area (Å²) in [7, 11) is -2.42. The van der Waals surface area contributed by atoms with E-state index in [1.165, 1.54) is 13.2 Å². The predicted molar refractivity (Wildman–Crippen MR) is 74.0 cm³/mol. The summed E-state index contributed by atoms with van der Waals surface area (Å²) in [6, 6.07) is 0. The fraction of sp³-hybridized carbons (Fsp3) is 0.727. The molecule has 0 aliphatic heterocycles. The molecule has 0 aromatic rings. The van der Waals surface area contributed by atoms with E-state index in [9.17, 15) is 9.36 Å². The smallest absolute Gasteiger partial charge is 0.368 e. The van der Waals surface area contributed by atoms with E-state index in [1.807, 2.05) is 0 Å². The highest BCUT2D eigenvalue weighted by atomic mass is 79.9. The molecule has 0 saturated heterocycles. The molecular formula is C11H20BrO5P. The second-order valence-corrected chi connectivity index (χ2v) is 7.96. The Labute approximate surface area is 117 Å². The molecule has 0 aromatic carbocycles. The van der Waals surface area contributed by atoms with E-state index in [4.69, 9.17) is 9.05 Å². The summed E-state index contributed by atoms with van der Waals surface area (Å²) in [6.45, 7) is 7.32. The molecule has 0 unspecified atom stereocenters. The van der Waals surface area contributed by atoms with Gasteiger partial charge in [0.25, 0.3) is 0 Å². The molecule has 0 N–H and O–H groups in total. The van der Waals surface area contributed by atoms with Crippen LogP contribution in [0.3, 0.4) is 0 Å². The fourth-order valence-corrected chi connectivity index (χ4v) is 3.43. The van der Waals surface area contributed by atoms with Gasteiger partial charge in [-0.1, -0.05) is 15.9 Å². The quantitative estimate of drug-likeness (QED) is 0.307. The van der Waals surface area contributed by atoms with Crippen LogP contribution in [0.2, 0.25) is 0 Å². The zero-order valence-electron chi connectivity index (χ0n) is 11.4. The monoisotopic (exact) mass is 342 g/mol. The Morgan fingerprint density at radius 3 is 2.00 bits per heavy atom. The lowest BCUT2D eigenvalue weighted by molar-refractivity contribution is -0.135. The zero-order chi connectivity index (χ0) is 14.4. The van der Waals surface area contributed by atoms with Gasteiger partial charge < -0.3 is 13.8 Å². The van der Waals surface area contributed by atoms with Crippen molar-refractivity contribution < 1.29 is 23.1 Å². The second-order valence-electron chi connectivity index (χ2n) is 3.92. The third kappa shape index (κ3) is 5.65. The molecule has 5 nitrogen and oxygen atoms in total. The molecule has 0 rings (SSSR count). The molecule has 0 aliphatic rings. The maximum Gasteiger partial charge on any atom is 0.368 e. The molecule has 0 radical (unpaired) electrons. The molecule has 0 aliphatic carbocycles. The van der Waals surface area contributed by atoms with Gasteiger partial charge in [-0.2, -0.15) is 0 Å². The number of halogens is 1. The minimum absolute atomic E-state index is 0.0874. The first-order valence-corrected chi connectivity index (χ1v) is 7.93. The Hall–Kier alpha value is -0.160. The first kappa shape index (κ1) is 17.8. The summed E-state index contributed by atoms with van der Waals surface area (Å²) >= 11 is 3.35. The zero-order valence-corrected chi connectivity index (χ0v) is 13.8. The van der Waals surface area contributed by atoms with Gasteiger partial charge in [-0.05, 0) is 33.8 Å². The van der Waals surface area contributed by atoms with Crippen LogP contribution in [0.25, 0.3) is 0 Å². The van der Waals surface area contributed by atoms with Crippen LogP contribution in [0.15, 0.2) is 11.4 Å². The van der Waals surface area contributed by atoms with Crippen LogP contribution in [0.4, 0.5) is 0 Å². The van der Waals surface area contributed by atoms with Gasteiger partial charge in [0.15, 0.2) is 0 Å². The van der Waals surface area contributed by atoms with Crippen LogP contribution in [-0.4, -0.2) is 30.6 Å². The average molecular weight is 343 g/mol. The number of hydrogen-bond acceptors (Lipinski definition) is 5. The topological polar surface area (TPSA) is 61.8 Å². The lowest BCUT2D eigenvalue weighted by Crippen LogP contribution is -2.14. The van der Waals surface area contributed by atoms with Crippen molar-refractivity contribution in [2.45, 2.75) is 32.0 Å². The Morgan fingerprint density at radius 2 is 1.72 bits per heavy atom. The highest BCUT2D eigenvalue weighted by molar-refractivity contribution is 9.10. The maximum absolute atomic E-state index is 12.6. The van der Waals surface area contributed by atoms with E-state index < -0.39 is 17.9 Å². The van der Waals surface area contributed by atoms with Gasteiger partial charge in [0.2, 0.25) is 0 Å². The van der Waals surface area contributed by atoms with E-state index >= 15 is 0 Å². The Morgan fingerprint density at radius 1 is 1.28 bits per heavy atom. The molecule has 0 fully saturated rings. The van der Waals surface area contributed by atoms with Crippen molar-refractivity contribution in [2.24, 2.45) is 0 Å². The van der Waals surface area contributed by atoms with Crippen molar-refractivity contribution in [3.05, 3.63) is 11.4 Å².